The third-order valence-corrected chi connectivity index (χ3v) is 3.77. The average Bonchev–Trinajstić information content (AvgIpc) is 2.85. The van der Waals surface area contributed by atoms with Gasteiger partial charge in [-0.1, -0.05) is 26.7 Å². The number of hydrogen-bond acceptors (Lipinski definition) is 2. The van der Waals surface area contributed by atoms with Crippen LogP contribution in [0.3, 0.4) is 0 Å². The van der Waals surface area contributed by atoms with Crippen molar-refractivity contribution in [1.82, 2.24) is 9.78 Å². The highest BCUT2D eigenvalue weighted by Crippen LogP contribution is 2.12. The first-order valence-electron chi connectivity index (χ1n) is 8.19. The molecule has 5 heteroatoms. The molecule has 0 saturated heterocycles. The van der Waals surface area contributed by atoms with Crippen LogP contribution in [0.4, 0.5) is 4.39 Å². The number of nitrogens with one attached hydrogen (secondary N) is 1. The molecule has 1 aromatic heterocycles. The predicted octanol–water partition coefficient (Wildman–Crippen LogP) is 3.87. The summed E-state index contributed by atoms with van der Waals surface area (Å²) in [6.45, 7) is 6.80. The van der Waals surface area contributed by atoms with Crippen LogP contribution in [0, 0.1) is 5.82 Å². The number of aromatic nitrogens is 2. The summed E-state index contributed by atoms with van der Waals surface area (Å²) in [6, 6.07) is 5.89. The van der Waals surface area contributed by atoms with E-state index in [0.29, 0.717) is 11.3 Å². The van der Waals surface area contributed by atoms with Gasteiger partial charge in [0.15, 0.2) is 0 Å². The van der Waals surface area contributed by atoms with Crippen LogP contribution in [0.2, 0.25) is 0 Å². The summed E-state index contributed by atoms with van der Waals surface area (Å²) >= 11 is 0. The zero-order valence-electron chi connectivity index (χ0n) is 14.0. The Morgan fingerprint density at radius 3 is 2.52 bits per heavy atom. The third kappa shape index (κ3) is 3.97. The van der Waals surface area contributed by atoms with Gasteiger partial charge in [0.2, 0.25) is 0 Å². The Labute approximate surface area is 136 Å². The van der Waals surface area contributed by atoms with E-state index < -0.39 is 0 Å². The topological polar surface area (TPSA) is 50.1 Å². The lowest BCUT2D eigenvalue weighted by molar-refractivity contribution is 0.626. The molecule has 124 valence electrons. The van der Waals surface area contributed by atoms with Crippen LogP contribution in [0.5, 0.6) is 0 Å². The van der Waals surface area contributed by atoms with E-state index in [4.69, 9.17) is 0 Å². The zero-order valence-corrected chi connectivity index (χ0v) is 14.0. The molecule has 2 aromatic rings. The molecule has 2 rings (SSSR count). The van der Waals surface area contributed by atoms with Gasteiger partial charge in [-0.3, -0.25) is 14.9 Å². The fraction of sp³-hybridized carbons (Fsp3) is 0.444. The van der Waals surface area contributed by atoms with Gasteiger partial charge in [0, 0.05) is 18.0 Å². The van der Waals surface area contributed by atoms with Crippen molar-refractivity contribution in [3.63, 3.8) is 0 Å². The molecule has 0 atom stereocenters. The van der Waals surface area contributed by atoms with Gasteiger partial charge in [-0.25, -0.2) is 9.07 Å². The summed E-state index contributed by atoms with van der Waals surface area (Å²) in [4.78, 5) is 17.3. The van der Waals surface area contributed by atoms with E-state index in [2.05, 4.69) is 23.9 Å². The van der Waals surface area contributed by atoms with Crippen molar-refractivity contribution in [2.45, 2.75) is 46.5 Å². The molecule has 0 radical (unpaired) electrons. The number of hydrogen-bond donors (Lipinski definition) is 1. The van der Waals surface area contributed by atoms with Gasteiger partial charge in [0.25, 0.3) is 5.56 Å². The molecule has 1 aromatic carbocycles. The second kappa shape index (κ2) is 7.90. The van der Waals surface area contributed by atoms with Crippen molar-refractivity contribution in [1.29, 1.82) is 0 Å². The van der Waals surface area contributed by atoms with Crippen molar-refractivity contribution in [2.75, 3.05) is 6.54 Å². The minimum Gasteiger partial charge on any atom is -0.294 e. The van der Waals surface area contributed by atoms with Crippen molar-refractivity contribution in [3.8, 4) is 5.69 Å². The highest BCUT2D eigenvalue weighted by molar-refractivity contribution is 5.99. The molecule has 4 nitrogen and oxygen atoms in total. The summed E-state index contributed by atoms with van der Waals surface area (Å²) in [5, 5.41) is 3.16. The number of aliphatic imine (C=N–C) groups is 1. The van der Waals surface area contributed by atoms with Gasteiger partial charge < -0.3 is 0 Å². The molecule has 0 fully saturated rings. The van der Waals surface area contributed by atoms with Crippen LogP contribution in [0.1, 0.15) is 51.3 Å². The second-order valence-electron chi connectivity index (χ2n) is 5.65. The summed E-state index contributed by atoms with van der Waals surface area (Å²) in [6.07, 6.45) is 3.79. The number of H-pyrrole nitrogens is 1. The first-order valence-corrected chi connectivity index (χ1v) is 8.19. The number of aryl methyl sites for hydroxylation is 1. The molecule has 23 heavy (non-hydrogen) atoms. The van der Waals surface area contributed by atoms with E-state index >= 15 is 0 Å². The van der Waals surface area contributed by atoms with E-state index in [1.54, 1.807) is 12.1 Å². The molecule has 0 aliphatic rings. The largest absolute Gasteiger partial charge is 0.294 e. The summed E-state index contributed by atoms with van der Waals surface area (Å²) in [5.74, 6) is -0.320. The fourth-order valence-electron chi connectivity index (χ4n) is 2.54. The van der Waals surface area contributed by atoms with Gasteiger partial charge >= 0.3 is 0 Å². The minimum absolute atomic E-state index is 0.127. The molecular formula is C18H24FN3O. The standard InChI is InChI=1S/C18H24FN3O/c1-4-6-12-20-13(3)17-16(7-5-2)21-22(18(17)23)15-10-8-14(19)9-11-15/h8-11,21H,4-7,12H2,1-3H3. The molecule has 1 N–H and O–H groups in total. The number of halogens is 1. The SMILES string of the molecule is CCCCN=C(C)c1c(CCC)[nH]n(-c2ccc(F)cc2)c1=O. The van der Waals surface area contributed by atoms with Crippen LogP contribution in [-0.2, 0) is 6.42 Å². The summed E-state index contributed by atoms with van der Waals surface area (Å²) in [5.41, 5.74) is 2.80. The lowest BCUT2D eigenvalue weighted by Crippen LogP contribution is -2.20. The van der Waals surface area contributed by atoms with Crippen molar-refractivity contribution in [3.05, 3.63) is 51.7 Å². The van der Waals surface area contributed by atoms with Gasteiger partial charge in [-0.15, -0.1) is 0 Å². The Morgan fingerprint density at radius 2 is 1.91 bits per heavy atom. The van der Waals surface area contributed by atoms with Crippen LogP contribution >= 0.6 is 0 Å². The average molecular weight is 317 g/mol. The van der Waals surface area contributed by atoms with Crippen LogP contribution in [0.25, 0.3) is 5.69 Å². The van der Waals surface area contributed by atoms with Crippen molar-refractivity contribution in [2.24, 2.45) is 4.99 Å². The Morgan fingerprint density at radius 1 is 1.22 bits per heavy atom. The van der Waals surface area contributed by atoms with Gasteiger partial charge in [0.05, 0.1) is 11.3 Å². The Balaban J connectivity index is 2.47. The quantitative estimate of drug-likeness (QED) is 0.612. The maximum Gasteiger partial charge on any atom is 0.280 e. The van der Waals surface area contributed by atoms with Gasteiger partial charge in [-0.05, 0) is 44.0 Å². The summed E-state index contributed by atoms with van der Waals surface area (Å²) < 4.78 is 14.6. The predicted molar refractivity (Wildman–Crippen MR) is 92.3 cm³/mol. The molecule has 0 unspecified atom stereocenters. The normalized spacial score (nSPS) is 11.9. The molecule has 0 amide bonds. The number of aromatic amines is 1. The third-order valence-electron chi connectivity index (χ3n) is 3.77. The van der Waals surface area contributed by atoms with Crippen molar-refractivity contribution >= 4 is 5.71 Å². The maximum absolute atomic E-state index is 13.1. The van der Waals surface area contributed by atoms with E-state index in [9.17, 15) is 9.18 Å². The maximum atomic E-state index is 13.1. The molecule has 1 heterocycles. The minimum atomic E-state index is -0.320. The van der Waals surface area contributed by atoms with Crippen molar-refractivity contribution < 1.29 is 4.39 Å². The van der Waals surface area contributed by atoms with Crippen LogP contribution in [-0.4, -0.2) is 22.0 Å². The van der Waals surface area contributed by atoms with Crippen LogP contribution < -0.4 is 5.56 Å². The molecular weight excluding hydrogens is 293 g/mol. The highest BCUT2D eigenvalue weighted by atomic mass is 19.1. The van der Waals surface area contributed by atoms with E-state index in [1.165, 1.54) is 16.8 Å². The van der Waals surface area contributed by atoms with E-state index in [0.717, 1.165) is 43.6 Å². The second-order valence-corrected chi connectivity index (χ2v) is 5.65. The number of rotatable bonds is 7. The first kappa shape index (κ1) is 17.2. The summed E-state index contributed by atoms with van der Waals surface area (Å²) in [7, 11) is 0. The highest BCUT2D eigenvalue weighted by Gasteiger charge is 2.17. The van der Waals surface area contributed by atoms with Gasteiger partial charge in [-0.2, -0.15) is 0 Å². The molecule has 0 saturated carbocycles. The molecule has 0 aliphatic carbocycles. The van der Waals surface area contributed by atoms with Crippen LogP contribution in [0.15, 0.2) is 34.1 Å². The molecule has 0 bridgehead atoms. The lowest BCUT2D eigenvalue weighted by atomic mass is 10.1. The number of unbranched alkanes of at least 4 members (excludes halogenated alkanes) is 1. The van der Waals surface area contributed by atoms with E-state index in [-0.39, 0.29) is 11.4 Å². The lowest BCUT2D eigenvalue weighted by Gasteiger charge is -2.01. The monoisotopic (exact) mass is 317 g/mol. The number of benzene rings is 1. The fourth-order valence-corrected chi connectivity index (χ4v) is 2.54. The molecule has 0 spiro atoms. The molecule has 0 aliphatic heterocycles. The number of nitrogens with zero attached hydrogens (tertiary/aromatic N) is 2. The van der Waals surface area contributed by atoms with Gasteiger partial charge in [0.1, 0.15) is 5.82 Å². The Kier molecular flexibility index (Phi) is 5.90. The smallest absolute Gasteiger partial charge is 0.280 e. The zero-order chi connectivity index (χ0) is 16.8. The Hall–Kier alpha value is -2.17. The van der Waals surface area contributed by atoms with E-state index in [1.807, 2.05) is 6.92 Å². The Bertz CT molecular complexity index is 726. The first-order chi connectivity index (χ1) is 11.1.